The van der Waals surface area contributed by atoms with Gasteiger partial charge in [-0.2, -0.15) is 4.37 Å². The number of ether oxygens (including phenoxy) is 1. The minimum Gasteiger partial charge on any atom is -0.480 e. The summed E-state index contributed by atoms with van der Waals surface area (Å²) >= 11 is 1.44. The van der Waals surface area contributed by atoms with E-state index in [1.54, 1.807) is 7.11 Å². The average molecular weight is 173 g/mol. The summed E-state index contributed by atoms with van der Waals surface area (Å²) in [4.78, 5) is 1.18. The zero-order valence-electron chi connectivity index (χ0n) is 6.33. The van der Waals surface area contributed by atoms with Crippen LogP contribution in [0.3, 0.4) is 0 Å². The van der Waals surface area contributed by atoms with Gasteiger partial charge in [0.15, 0.2) is 0 Å². The van der Waals surface area contributed by atoms with Gasteiger partial charge in [0.25, 0.3) is 0 Å². The van der Waals surface area contributed by atoms with E-state index in [9.17, 15) is 0 Å². The lowest BCUT2D eigenvalue weighted by molar-refractivity contribution is 0.402. The highest BCUT2D eigenvalue weighted by Crippen LogP contribution is 2.15. The number of nitrogens with one attached hydrogen (secondary N) is 1. The van der Waals surface area contributed by atoms with Crippen LogP contribution in [-0.4, -0.2) is 18.0 Å². The maximum absolute atomic E-state index is 5.12. The van der Waals surface area contributed by atoms with Gasteiger partial charge in [-0.25, -0.2) is 0 Å². The van der Waals surface area contributed by atoms with E-state index >= 15 is 0 Å². The lowest BCUT2D eigenvalue weighted by Gasteiger charge is -1.92. The molecule has 0 saturated heterocycles. The molecule has 0 amide bonds. The third kappa shape index (κ3) is 2.45. The standard InChI is InChI=1S/C6H11N3OS/c1-10-6-4-5(11-9-6)2-3-8-7/h4,8H,2-3,7H2,1H3. The van der Waals surface area contributed by atoms with Crippen LogP contribution in [0.25, 0.3) is 0 Å². The van der Waals surface area contributed by atoms with E-state index < -0.39 is 0 Å². The predicted molar refractivity (Wildman–Crippen MR) is 44.6 cm³/mol. The van der Waals surface area contributed by atoms with E-state index in [-0.39, 0.29) is 0 Å². The highest BCUT2D eigenvalue weighted by Gasteiger charge is 1.99. The summed E-state index contributed by atoms with van der Waals surface area (Å²) in [6.45, 7) is 0.769. The van der Waals surface area contributed by atoms with E-state index in [1.807, 2.05) is 6.07 Å². The fraction of sp³-hybridized carbons (Fsp3) is 0.500. The normalized spacial score (nSPS) is 10.0. The van der Waals surface area contributed by atoms with Gasteiger partial charge in [-0.1, -0.05) is 0 Å². The molecule has 5 heteroatoms. The number of hydrogen-bond donors (Lipinski definition) is 2. The van der Waals surface area contributed by atoms with Crippen LogP contribution in [0, 0.1) is 0 Å². The first kappa shape index (κ1) is 8.45. The van der Waals surface area contributed by atoms with Crippen LogP contribution in [0.1, 0.15) is 4.88 Å². The number of nitrogens with zero attached hydrogens (tertiary/aromatic N) is 1. The van der Waals surface area contributed by atoms with Gasteiger partial charge in [-0.15, -0.1) is 0 Å². The van der Waals surface area contributed by atoms with Crippen molar-refractivity contribution in [1.29, 1.82) is 0 Å². The molecule has 0 spiro atoms. The molecule has 1 heterocycles. The molecule has 0 fully saturated rings. The first-order valence-corrected chi connectivity index (χ1v) is 4.07. The molecule has 0 bridgehead atoms. The molecule has 4 nitrogen and oxygen atoms in total. The summed E-state index contributed by atoms with van der Waals surface area (Å²) < 4.78 is 8.96. The molecule has 3 N–H and O–H groups in total. The van der Waals surface area contributed by atoms with Gasteiger partial charge in [0.05, 0.1) is 7.11 Å². The van der Waals surface area contributed by atoms with Gasteiger partial charge < -0.3 is 4.74 Å². The molecule has 62 valence electrons. The maximum atomic E-state index is 5.12. The minimum atomic E-state index is 0.682. The van der Waals surface area contributed by atoms with Crippen LogP contribution in [0.2, 0.25) is 0 Å². The smallest absolute Gasteiger partial charge is 0.225 e. The van der Waals surface area contributed by atoms with E-state index in [1.165, 1.54) is 16.4 Å². The maximum Gasteiger partial charge on any atom is 0.225 e. The Morgan fingerprint density at radius 2 is 2.64 bits per heavy atom. The molecule has 1 aromatic rings. The summed E-state index contributed by atoms with van der Waals surface area (Å²) in [7, 11) is 1.61. The number of hydrogen-bond acceptors (Lipinski definition) is 5. The van der Waals surface area contributed by atoms with E-state index in [0.717, 1.165) is 13.0 Å². The van der Waals surface area contributed by atoms with Gasteiger partial charge in [0.1, 0.15) is 0 Å². The quantitative estimate of drug-likeness (QED) is 0.503. The van der Waals surface area contributed by atoms with Gasteiger partial charge in [0, 0.05) is 17.5 Å². The second-order valence-corrected chi connectivity index (χ2v) is 2.93. The van der Waals surface area contributed by atoms with Crippen molar-refractivity contribution in [2.75, 3.05) is 13.7 Å². The molecule has 0 aliphatic rings. The number of rotatable bonds is 4. The van der Waals surface area contributed by atoms with Crippen molar-refractivity contribution in [3.63, 3.8) is 0 Å². The van der Waals surface area contributed by atoms with Crippen LogP contribution in [0.4, 0.5) is 0 Å². The zero-order chi connectivity index (χ0) is 8.10. The Labute approximate surface area is 69.5 Å². The Kier molecular flexibility index (Phi) is 3.28. The molecule has 0 atom stereocenters. The van der Waals surface area contributed by atoms with E-state index in [0.29, 0.717) is 5.88 Å². The van der Waals surface area contributed by atoms with Gasteiger partial charge in [-0.3, -0.25) is 11.3 Å². The number of nitrogens with two attached hydrogens (primary N) is 1. The lowest BCUT2D eigenvalue weighted by atomic mass is 10.3. The Balaban J connectivity index is 2.44. The fourth-order valence-electron chi connectivity index (χ4n) is 0.703. The van der Waals surface area contributed by atoms with E-state index in [2.05, 4.69) is 9.80 Å². The fourth-order valence-corrected chi connectivity index (χ4v) is 1.38. The molecule has 0 radical (unpaired) electrons. The van der Waals surface area contributed by atoms with Crippen LogP contribution in [0.15, 0.2) is 6.07 Å². The molecule has 0 saturated carbocycles. The monoisotopic (exact) mass is 173 g/mol. The SMILES string of the molecule is COc1cc(CCNN)sn1. The van der Waals surface area contributed by atoms with E-state index in [4.69, 9.17) is 10.6 Å². The first-order valence-electron chi connectivity index (χ1n) is 3.30. The summed E-state index contributed by atoms with van der Waals surface area (Å²) in [5, 5.41) is 0. The van der Waals surface area contributed by atoms with Gasteiger partial charge >= 0.3 is 0 Å². The summed E-state index contributed by atoms with van der Waals surface area (Å²) in [6, 6.07) is 1.92. The zero-order valence-corrected chi connectivity index (χ0v) is 7.15. The Morgan fingerprint density at radius 3 is 3.18 bits per heavy atom. The molecule has 11 heavy (non-hydrogen) atoms. The second-order valence-electron chi connectivity index (χ2n) is 2.04. The Hall–Kier alpha value is -0.650. The largest absolute Gasteiger partial charge is 0.480 e. The van der Waals surface area contributed by atoms with Crippen LogP contribution in [-0.2, 0) is 6.42 Å². The molecule has 0 aliphatic heterocycles. The van der Waals surface area contributed by atoms with Crippen molar-refractivity contribution >= 4 is 11.5 Å². The Bertz CT molecular complexity index is 213. The van der Waals surface area contributed by atoms with Crippen molar-refractivity contribution in [2.24, 2.45) is 5.84 Å². The molecular weight excluding hydrogens is 162 g/mol. The molecule has 0 aromatic carbocycles. The summed E-state index contributed by atoms with van der Waals surface area (Å²) in [5.74, 6) is 5.80. The third-order valence-corrected chi connectivity index (χ3v) is 2.09. The highest BCUT2D eigenvalue weighted by atomic mass is 32.1. The van der Waals surface area contributed by atoms with Gasteiger partial charge in [-0.05, 0) is 18.0 Å². The summed E-state index contributed by atoms with van der Waals surface area (Å²) in [5.41, 5.74) is 2.58. The highest BCUT2D eigenvalue weighted by molar-refractivity contribution is 7.05. The number of aromatic nitrogens is 1. The first-order chi connectivity index (χ1) is 5.36. The van der Waals surface area contributed by atoms with Crippen molar-refractivity contribution < 1.29 is 4.74 Å². The number of methoxy groups -OCH3 is 1. The van der Waals surface area contributed by atoms with Crippen LogP contribution in [0.5, 0.6) is 5.88 Å². The third-order valence-electron chi connectivity index (χ3n) is 1.26. The topological polar surface area (TPSA) is 60.2 Å². The van der Waals surface area contributed by atoms with Gasteiger partial charge in [0.2, 0.25) is 5.88 Å². The molecule has 1 aromatic heterocycles. The molecule has 0 unspecified atom stereocenters. The molecule has 1 rings (SSSR count). The Morgan fingerprint density at radius 1 is 1.82 bits per heavy atom. The number of hydrazine groups is 1. The second kappa shape index (κ2) is 4.27. The van der Waals surface area contributed by atoms with Crippen molar-refractivity contribution in [1.82, 2.24) is 9.80 Å². The summed E-state index contributed by atoms with van der Waals surface area (Å²) in [6.07, 6.45) is 0.900. The lowest BCUT2D eigenvalue weighted by Crippen LogP contribution is -2.24. The van der Waals surface area contributed by atoms with Crippen LogP contribution < -0.4 is 16.0 Å². The van der Waals surface area contributed by atoms with Crippen molar-refractivity contribution in [3.8, 4) is 5.88 Å². The van der Waals surface area contributed by atoms with Crippen LogP contribution >= 0.6 is 11.5 Å². The average Bonchev–Trinajstić information content (AvgIpc) is 2.48. The minimum absolute atomic E-state index is 0.682. The molecule has 0 aliphatic carbocycles. The predicted octanol–water partition coefficient (Wildman–Crippen LogP) is 0.157. The molecular formula is C6H11N3OS. The van der Waals surface area contributed by atoms with Crippen molar-refractivity contribution in [2.45, 2.75) is 6.42 Å². The van der Waals surface area contributed by atoms with Crippen molar-refractivity contribution in [3.05, 3.63) is 10.9 Å².